The highest BCUT2D eigenvalue weighted by molar-refractivity contribution is 7.89. The molecule has 0 radical (unpaired) electrons. The summed E-state index contributed by atoms with van der Waals surface area (Å²) in [6.45, 7) is -0.815. The largest absolute Gasteiger partial charge is 0.478 e. The lowest BCUT2D eigenvalue weighted by Gasteiger charge is -2.18. The van der Waals surface area contributed by atoms with Crippen LogP contribution in [-0.4, -0.2) is 56.7 Å². The van der Waals surface area contributed by atoms with Crippen molar-refractivity contribution in [1.82, 2.24) is 9.62 Å². The van der Waals surface area contributed by atoms with Gasteiger partial charge in [0.25, 0.3) is 0 Å². The van der Waals surface area contributed by atoms with Crippen LogP contribution in [0.4, 0.5) is 17.6 Å². The fourth-order valence-electron chi connectivity index (χ4n) is 2.62. The van der Waals surface area contributed by atoms with Crippen LogP contribution in [-0.2, 0) is 10.0 Å². The predicted octanol–water partition coefficient (Wildman–Crippen LogP) is 1.69. The number of alkyl halides is 3. The van der Waals surface area contributed by atoms with Crippen molar-refractivity contribution in [2.45, 2.75) is 17.5 Å². The van der Waals surface area contributed by atoms with E-state index < -0.39 is 45.0 Å². The van der Waals surface area contributed by atoms with Gasteiger partial charge in [-0.05, 0) is 37.1 Å². The maximum absolute atomic E-state index is 13.3. The van der Waals surface area contributed by atoms with Gasteiger partial charge in [0.1, 0.15) is 5.82 Å². The van der Waals surface area contributed by atoms with Crippen LogP contribution in [0.1, 0.15) is 16.8 Å². The van der Waals surface area contributed by atoms with E-state index in [2.05, 4.69) is 4.72 Å². The molecule has 1 aromatic carbocycles. The van der Waals surface area contributed by atoms with Crippen LogP contribution in [0, 0.1) is 11.7 Å². The number of hydrogen-bond donors (Lipinski definition) is 2. The van der Waals surface area contributed by atoms with Crippen LogP contribution in [0.2, 0.25) is 0 Å². The van der Waals surface area contributed by atoms with E-state index in [1.807, 2.05) is 0 Å². The molecule has 0 spiro atoms. The molecule has 0 amide bonds. The van der Waals surface area contributed by atoms with Crippen molar-refractivity contribution in [1.29, 1.82) is 0 Å². The molecule has 25 heavy (non-hydrogen) atoms. The minimum atomic E-state index is -4.31. The van der Waals surface area contributed by atoms with E-state index in [-0.39, 0.29) is 25.6 Å². The zero-order valence-corrected chi connectivity index (χ0v) is 13.7. The molecule has 11 heteroatoms. The molecule has 140 valence electrons. The highest BCUT2D eigenvalue weighted by Gasteiger charge is 2.34. The van der Waals surface area contributed by atoms with Crippen molar-refractivity contribution in [3.8, 4) is 0 Å². The maximum atomic E-state index is 13.3. The minimum Gasteiger partial charge on any atom is -0.478 e. The minimum absolute atomic E-state index is 0.0868. The quantitative estimate of drug-likeness (QED) is 0.729. The highest BCUT2D eigenvalue weighted by Crippen LogP contribution is 2.23. The first kappa shape index (κ1) is 19.6. The van der Waals surface area contributed by atoms with E-state index in [1.54, 1.807) is 0 Å². The Bertz CT molecular complexity index is 752. The molecular weight excluding hydrogens is 368 g/mol. The first-order valence-corrected chi connectivity index (χ1v) is 8.78. The monoisotopic (exact) mass is 384 g/mol. The van der Waals surface area contributed by atoms with Gasteiger partial charge in [-0.15, -0.1) is 0 Å². The van der Waals surface area contributed by atoms with Crippen molar-refractivity contribution >= 4 is 16.0 Å². The Kier molecular flexibility index (Phi) is 5.69. The third kappa shape index (κ3) is 5.38. The molecule has 0 aromatic heterocycles. The van der Waals surface area contributed by atoms with Gasteiger partial charge in [-0.2, -0.15) is 13.2 Å². The van der Waals surface area contributed by atoms with Crippen LogP contribution in [0.25, 0.3) is 0 Å². The zero-order chi connectivity index (χ0) is 18.8. The van der Waals surface area contributed by atoms with Crippen molar-refractivity contribution in [3.63, 3.8) is 0 Å². The third-order valence-corrected chi connectivity index (χ3v) is 5.23. The molecule has 0 bridgehead atoms. The summed E-state index contributed by atoms with van der Waals surface area (Å²) in [5, 5.41) is 8.83. The number of hydrogen-bond acceptors (Lipinski definition) is 4. The number of carboxylic acids is 1. The fourth-order valence-corrected chi connectivity index (χ4v) is 3.76. The molecule has 0 aliphatic carbocycles. The number of sulfonamides is 1. The summed E-state index contributed by atoms with van der Waals surface area (Å²) in [4.78, 5) is 11.6. The molecule has 1 aliphatic rings. The number of nitrogens with zero attached hydrogens (tertiary/aromatic N) is 1. The lowest BCUT2D eigenvalue weighted by Crippen LogP contribution is -2.34. The summed E-state index contributed by atoms with van der Waals surface area (Å²) >= 11 is 0. The van der Waals surface area contributed by atoms with Gasteiger partial charge in [-0.25, -0.2) is 22.3 Å². The number of nitrogens with one attached hydrogen (secondary N) is 1. The Balaban J connectivity index is 1.99. The van der Waals surface area contributed by atoms with Gasteiger partial charge >= 0.3 is 12.1 Å². The molecule has 6 nitrogen and oxygen atoms in total. The van der Waals surface area contributed by atoms with Crippen molar-refractivity contribution in [3.05, 3.63) is 29.6 Å². The van der Waals surface area contributed by atoms with Gasteiger partial charge in [0.2, 0.25) is 10.0 Å². The molecule has 2 rings (SSSR count). The predicted molar refractivity (Wildman–Crippen MR) is 79.1 cm³/mol. The highest BCUT2D eigenvalue weighted by atomic mass is 32.2. The lowest BCUT2D eigenvalue weighted by atomic mass is 10.1. The average molecular weight is 384 g/mol. The molecule has 1 heterocycles. The first-order valence-electron chi connectivity index (χ1n) is 7.29. The molecule has 1 aromatic rings. The van der Waals surface area contributed by atoms with Gasteiger partial charge in [-0.1, -0.05) is 0 Å². The van der Waals surface area contributed by atoms with Crippen LogP contribution < -0.4 is 4.72 Å². The SMILES string of the molecule is O=C(O)c1cc(S(=O)(=O)NCC2CCN(CC(F)(F)F)C2)ccc1F. The van der Waals surface area contributed by atoms with E-state index in [9.17, 15) is 30.8 Å². The van der Waals surface area contributed by atoms with E-state index in [0.29, 0.717) is 12.5 Å². The second-order valence-corrected chi connectivity index (χ2v) is 7.57. The number of carbonyl (C=O) groups is 1. The second-order valence-electron chi connectivity index (χ2n) is 5.80. The summed E-state index contributed by atoms with van der Waals surface area (Å²) in [7, 11) is -4.09. The molecule has 1 aliphatic heterocycles. The van der Waals surface area contributed by atoms with Gasteiger partial charge in [0.05, 0.1) is 17.0 Å². The van der Waals surface area contributed by atoms with Gasteiger partial charge in [0, 0.05) is 13.1 Å². The van der Waals surface area contributed by atoms with Gasteiger partial charge < -0.3 is 5.11 Å². The zero-order valence-electron chi connectivity index (χ0n) is 12.9. The average Bonchev–Trinajstić information content (AvgIpc) is 2.90. The van der Waals surface area contributed by atoms with Crippen molar-refractivity contribution < 1.29 is 35.9 Å². The number of halogens is 4. The second kappa shape index (κ2) is 7.26. The number of aromatic carboxylic acids is 1. The van der Waals surface area contributed by atoms with E-state index >= 15 is 0 Å². The first-order chi connectivity index (χ1) is 11.5. The molecule has 1 unspecified atom stereocenters. The summed E-state index contributed by atoms with van der Waals surface area (Å²) in [5.74, 6) is -2.96. The van der Waals surface area contributed by atoms with Gasteiger partial charge in [-0.3, -0.25) is 4.90 Å². The topological polar surface area (TPSA) is 86.7 Å². The molecule has 1 fully saturated rings. The van der Waals surface area contributed by atoms with Crippen LogP contribution in [0.15, 0.2) is 23.1 Å². The van der Waals surface area contributed by atoms with Crippen LogP contribution in [0.3, 0.4) is 0 Å². The summed E-state index contributed by atoms with van der Waals surface area (Å²) in [6.07, 6.45) is -3.90. The maximum Gasteiger partial charge on any atom is 0.401 e. The van der Waals surface area contributed by atoms with E-state index in [1.165, 1.54) is 4.90 Å². The Labute approximate surface area is 141 Å². The Morgan fingerprint density at radius 1 is 1.36 bits per heavy atom. The van der Waals surface area contributed by atoms with E-state index in [0.717, 1.165) is 12.1 Å². The number of likely N-dealkylation sites (tertiary alicyclic amines) is 1. The lowest BCUT2D eigenvalue weighted by molar-refractivity contribution is -0.143. The van der Waals surface area contributed by atoms with Crippen molar-refractivity contribution in [2.24, 2.45) is 5.92 Å². The molecule has 1 atom stereocenters. The molecule has 1 saturated heterocycles. The van der Waals surface area contributed by atoms with E-state index in [4.69, 9.17) is 5.11 Å². The molecule has 2 N–H and O–H groups in total. The molecule has 0 saturated carbocycles. The number of carboxylic acid groups (broad SMARTS) is 1. The summed E-state index contributed by atoms with van der Waals surface area (Å²) in [5.41, 5.74) is -0.778. The summed E-state index contributed by atoms with van der Waals surface area (Å²) in [6, 6.07) is 2.36. The summed E-state index contributed by atoms with van der Waals surface area (Å²) < 4.78 is 76.9. The third-order valence-electron chi connectivity index (χ3n) is 3.81. The van der Waals surface area contributed by atoms with Crippen LogP contribution >= 0.6 is 0 Å². The van der Waals surface area contributed by atoms with Gasteiger partial charge in [0.15, 0.2) is 0 Å². The van der Waals surface area contributed by atoms with Crippen LogP contribution in [0.5, 0.6) is 0 Å². The smallest absolute Gasteiger partial charge is 0.401 e. The Morgan fingerprint density at radius 2 is 2.04 bits per heavy atom. The van der Waals surface area contributed by atoms with Crippen molar-refractivity contribution in [2.75, 3.05) is 26.2 Å². The Morgan fingerprint density at radius 3 is 2.64 bits per heavy atom. The number of benzene rings is 1. The fraction of sp³-hybridized carbons (Fsp3) is 0.500. The number of rotatable bonds is 6. The standard InChI is InChI=1S/C14H16F4N2O4S/c15-12-2-1-10(5-11(12)13(21)22)25(23,24)19-6-9-3-4-20(7-9)8-14(16,17)18/h1-2,5,9,19H,3-4,6-8H2,(H,21,22). The molecular formula is C14H16F4N2O4S. The Hall–Kier alpha value is -1.72. The normalized spacial score (nSPS) is 19.3.